The second kappa shape index (κ2) is 7.31. The molecule has 0 aliphatic carbocycles. The smallest absolute Gasteiger partial charge is 0.306 e. The van der Waals surface area contributed by atoms with Crippen LogP contribution in [0, 0.1) is 0 Å². The SMILES string of the molecule is O=c1[nH]c(-c2ccc(C(F)(F)F)cc2)nc2c1CN(Cc1cnc(Cl)s1)CC2. The molecule has 0 fully saturated rings. The van der Waals surface area contributed by atoms with Gasteiger partial charge in [-0.05, 0) is 12.1 Å². The summed E-state index contributed by atoms with van der Waals surface area (Å²) in [6.07, 6.45) is -2.10. The number of halogens is 4. The molecule has 0 saturated carbocycles. The molecule has 0 amide bonds. The average Bonchev–Trinajstić information content (AvgIpc) is 3.06. The lowest BCUT2D eigenvalue weighted by Crippen LogP contribution is -2.35. The van der Waals surface area contributed by atoms with Crippen molar-refractivity contribution in [1.29, 1.82) is 0 Å². The van der Waals surface area contributed by atoms with Crippen LogP contribution in [0.3, 0.4) is 0 Å². The van der Waals surface area contributed by atoms with Gasteiger partial charge in [-0.15, -0.1) is 11.3 Å². The monoisotopic (exact) mass is 426 g/mol. The molecule has 10 heteroatoms. The third-order valence-electron chi connectivity index (χ3n) is 4.54. The molecule has 0 radical (unpaired) electrons. The van der Waals surface area contributed by atoms with Gasteiger partial charge in [0.2, 0.25) is 0 Å². The third-order valence-corrected chi connectivity index (χ3v) is 5.64. The second-order valence-corrected chi connectivity index (χ2v) is 8.15. The van der Waals surface area contributed by atoms with Crippen LogP contribution in [0.1, 0.15) is 21.7 Å². The van der Waals surface area contributed by atoms with E-state index in [1.807, 2.05) is 0 Å². The van der Waals surface area contributed by atoms with Crippen molar-refractivity contribution in [1.82, 2.24) is 19.9 Å². The predicted molar refractivity (Wildman–Crippen MR) is 100 cm³/mol. The molecule has 1 aliphatic heterocycles. The van der Waals surface area contributed by atoms with E-state index in [0.717, 1.165) is 17.0 Å². The normalized spacial score (nSPS) is 14.9. The van der Waals surface area contributed by atoms with Gasteiger partial charge >= 0.3 is 6.18 Å². The Bertz CT molecular complexity index is 1060. The molecule has 3 aromatic rings. The van der Waals surface area contributed by atoms with Crippen LogP contribution in [0.25, 0.3) is 11.4 Å². The van der Waals surface area contributed by atoms with Gasteiger partial charge in [0.05, 0.1) is 16.8 Å². The van der Waals surface area contributed by atoms with Crippen LogP contribution in [-0.4, -0.2) is 26.4 Å². The van der Waals surface area contributed by atoms with Crippen molar-refractivity contribution in [3.63, 3.8) is 0 Å². The molecule has 2 aromatic heterocycles. The number of nitrogens with zero attached hydrogens (tertiary/aromatic N) is 3. The minimum atomic E-state index is -4.40. The Morgan fingerprint density at radius 2 is 2.00 bits per heavy atom. The number of alkyl halides is 3. The zero-order valence-corrected chi connectivity index (χ0v) is 16.0. The van der Waals surface area contributed by atoms with Crippen molar-refractivity contribution < 1.29 is 13.2 Å². The van der Waals surface area contributed by atoms with E-state index in [-0.39, 0.29) is 11.4 Å². The summed E-state index contributed by atoms with van der Waals surface area (Å²) in [5.41, 5.74) is 0.687. The van der Waals surface area contributed by atoms with Gasteiger partial charge in [0.15, 0.2) is 4.47 Å². The number of thiazole rings is 1. The summed E-state index contributed by atoms with van der Waals surface area (Å²) in [5, 5.41) is 0. The van der Waals surface area contributed by atoms with Crippen LogP contribution in [0.2, 0.25) is 4.47 Å². The lowest BCUT2D eigenvalue weighted by atomic mass is 10.1. The minimum Gasteiger partial charge on any atom is -0.306 e. The largest absolute Gasteiger partial charge is 0.416 e. The Kier molecular flexibility index (Phi) is 4.98. The fourth-order valence-electron chi connectivity index (χ4n) is 3.15. The van der Waals surface area contributed by atoms with Crippen LogP contribution < -0.4 is 5.56 Å². The molecule has 146 valence electrons. The van der Waals surface area contributed by atoms with Gasteiger partial charge < -0.3 is 4.98 Å². The first kappa shape index (κ1) is 19.1. The third kappa shape index (κ3) is 3.96. The maximum absolute atomic E-state index is 12.7. The fraction of sp³-hybridized carbons (Fsp3) is 0.278. The Morgan fingerprint density at radius 3 is 2.64 bits per heavy atom. The highest BCUT2D eigenvalue weighted by molar-refractivity contribution is 7.15. The van der Waals surface area contributed by atoms with E-state index in [9.17, 15) is 18.0 Å². The molecule has 4 rings (SSSR count). The highest BCUT2D eigenvalue weighted by Gasteiger charge is 2.30. The van der Waals surface area contributed by atoms with Crippen molar-refractivity contribution in [2.45, 2.75) is 25.7 Å². The Balaban J connectivity index is 1.56. The van der Waals surface area contributed by atoms with Crippen LogP contribution in [0.5, 0.6) is 0 Å². The number of fused-ring (bicyclic) bond motifs is 1. The van der Waals surface area contributed by atoms with Gasteiger partial charge in [-0.3, -0.25) is 9.69 Å². The van der Waals surface area contributed by atoms with Crippen molar-refractivity contribution in [2.75, 3.05) is 6.54 Å². The standard InChI is InChI=1S/C18H14ClF3N4OS/c19-17-23-7-12(28-17)8-26-6-5-14-13(9-26)16(27)25-15(24-14)10-1-3-11(4-2-10)18(20,21)22/h1-4,7H,5-6,8-9H2,(H,24,25,27). The highest BCUT2D eigenvalue weighted by Crippen LogP contribution is 2.30. The molecule has 0 spiro atoms. The summed E-state index contributed by atoms with van der Waals surface area (Å²) < 4.78 is 38.6. The van der Waals surface area contributed by atoms with Gasteiger partial charge in [0.25, 0.3) is 5.56 Å². The molecule has 0 unspecified atom stereocenters. The predicted octanol–water partition coefficient (Wildman–Crippen LogP) is 4.12. The lowest BCUT2D eigenvalue weighted by molar-refractivity contribution is -0.137. The number of hydrogen-bond donors (Lipinski definition) is 1. The number of nitrogens with one attached hydrogen (secondary N) is 1. The molecule has 1 aromatic carbocycles. The van der Waals surface area contributed by atoms with E-state index in [1.165, 1.54) is 23.5 Å². The number of hydrogen-bond acceptors (Lipinski definition) is 5. The van der Waals surface area contributed by atoms with Crippen LogP contribution in [0.4, 0.5) is 13.2 Å². The first-order valence-corrected chi connectivity index (χ1v) is 9.61. The lowest BCUT2D eigenvalue weighted by Gasteiger charge is -2.27. The van der Waals surface area contributed by atoms with E-state index in [0.29, 0.717) is 47.3 Å². The van der Waals surface area contributed by atoms with Crippen LogP contribution in [0.15, 0.2) is 35.3 Å². The molecule has 0 saturated heterocycles. The summed E-state index contributed by atoms with van der Waals surface area (Å²) in [6.45, 7) is 1.80. The first-order valence-electron chi connectivity index (χ1n) is 8.42. The van der Waals surface area contributed by atoms with Crippen molar-refractivity contribution in [3.05, 3.63) is 67.0 Å². The van der Waals surface area contributed by atoms with Gasteiger partial charge in [-0.25, -0.2) is 9.97 Å². The van der Waals surface area contributed by atoms with Gasteiger partial charge in [-0.2, -0.15) is 13.2 Å². The van der Waals surface area contributed by atoms with Gasteiger partial charge in [-0.1, -0.05) is 23.7 Å². The van der Waals surface area contributed by atoms with E-state index in [1.54, 1.807) is 6.20 Å². The molecule has 0 bridgehead atoms. The zero-order valence-electron chi connectivity index (χ0n) is 14.4. The number of aromatic nitrogens is 3. The zero-order chi connectivity index (χ0) is 19.9. The number of rotatable bonds is 3. The van der Waals surface area contributed by atoms with E-state index in [2.05, 4.69) is 19.9 Å². The summed E-state index contributed by atoms with van der Waals surface area (Å²) in [5.74, 6) is 0.278. The molecule has 1 aliphatic rings. The molecule has 1 N–H and O–H groups in total. The number of aromatic amines is 1. The van der Waals surface area contributed by atoms with Crippen molar-refractivity contribution in [2.24, 2.45) is 0 Å². The van der Waals surface area contributed by atoms with E-state index in [4.69, 9.17) is 11.6 Å². The van der Waals surface area contributed by atoms with Gasteiger partial charge in [0, 0.05) is 42.7 Å². The molecule has 3 heterocycles. The number of H-pyrrole nitrogens is 1. The quantitative estimate of drug-likeness (QED) is 0.684. The summed E-state index contributed by atoms with van der Waals surface area (Å²) in [6, 6.07) is 4.60. The maximum atomic E-state index is 12.7. The summed E-state index contributed by atoms with van der Waals surface area (Å²) >= 11 is 7.26. The molecule has 5 nitrogen and oxygen atoms in total. The van der Waals surface area contributed by atoms with E-state index < -0.39 is 11.7 Å². The van der Waals surface area contributed by atoms with Crippen LogP contribution in [-0.2, 0) is 25.7 Å². The topological polar surface area (TPSA) is 61.9 Å². The Hall–Kier alpha value is -2.23. The van der Waals surface area contributed by atoms with E-state index >= 15 is 0 Å². The average molecular weight is 427 g/mol. The summed E-state index contributed by atoms with van der Waals surface area (Å²) in [7, 11) is 0. The Labute approximate surface area is 166 Å². The fourth-order valence-corrected chi connectivity index (χ4v) is 4.17. The number of benzene rings is 1. The minimum absolute atomic E-state index is 0.271. The molecule has 28 heavy (non-hydrogen) atoms. The Morgan fingerprint density at radius 1 is 1.25 bits per heavy atom. The van der Waals surface area contributed by atoms with Crippen molar-refractivity contribution >= 4 is 22.9 Å². The summed E-state index contributed by atoms with van der Waals surface area (Å²) in [4.78, 5) is 26.9. The van der Waals surface area contributed by atoms with Crippen molar-refractivity contribution in [3.8, 4) is 11.4 Å². The van der Waals surface area contributed by atoms with Gasteiger partial charge in [0.1, 0.15) is 5.82 Å². The maximum Gasteiger partial charge on any atom is 0.416 e. The first-order chi connectivity index (χ1) is 13.3. The molecular weight excluding hydrogens is 413 g/mol. The van der Waals surface area contributed by atoms with Crippen LogP contribution >= 0.6 is 22.9 Å². The highest BCUT2D eigenvalue weighted by atomic mass is 35.5. The molecular formula is C18H14ClF3N4OS. The second-order valence-electron chi connectivity index (χ2n) is 6.46. The molecule has 0 atom stereocenters.